The van der Waals surface area contributed by atoms with Gasteiger partial charge in [-0.3, -0.25) is 9.59 Å². The van der Waals surface area contributed by atoms with E-state index in [-0.39, 0.29) is 22.8 Å². The van der Waals surface area contributed by atoms with Gasteiger partial charge in [-0.1, -0.05) is 0 Å². The van der Waals surface area contributed by atoms with Crippen molar-refractivity contribution in [3.05, 3.63) is 23.8 Å². The van der Waals surface area contributed by atoms with Crippen LogP contribution in [0.4, 0.5) is 0 Å². The fourth-order valence-corrected chi connectivity index (χ4v) is 6.75. The van der Waals surface area contributed by atoms with Crippen molar-refractivity contribution in [2.75, 3.05) is 21.3 Å². The smallest absolute Gasteiger partial charge is 0.228 e. The highest BCUT2D eigenvalue weighted by Crippen LogP contribution is 2.62. The largest absolute Gasteiger partial charge is 0.497 e. The van der Waals surface area contributed by atoms with Gasteiger partial charge in [-0.15, -0.1) is 0 Å². The number of amides is 2. The van der Waals surface area contributed by atoms with E-state index in [1.165, 1.54) is 6.42 Å². The van der Waals surface area contributed by atoms with Gasteiger partial charge in [-0.25, -0.2) is 0 Å². The Labute approximate surface area is 172 Å². The quantitative estimate of drug-likeness (QED) is 0.797. The highest BCUT2D eigenvalue weighted by molar-refractivity contribution is 5.84. The molecule has 0 unspecified atom stereocenters. The summed E-state index contributed by atoms with van der Waals surface area (Å²) < 4.78 is 10.8. The fraction of sp³-hybridized carbons (Fsp3) is 0.652. The maximum Gasteiger partial charge on any atom is 0.228 e. The molecule has 0 aromatic heterocycles. The van der Waals surface area contributed by atoms with Crippen molar-refractivity contribution in [3.63, 3.8) is 0 Å². The fourth-order valence-electron chi connectivity index (χ4n) is 6.75. The van der Waals surface area contributed by atoms with Gasteiger partial charge in [-0.05, 0) is 62.5 Å². The molecule has 5 rings (SSSR count). The van der Waals surface area contributed by atoms with Crippen LogP contribution in [0, 0.1) is 17.3 Å². The van der Waals surface area contributed by atoms with E-state index >= 15 is 0 Å². The number of hydrogen-bond donors (Lipinski definition) is 1. The molecule has 1 aromatic carbocycles. The summed E-state index contributed by atoms with van der Waals surface area (Å²) in [5, 5.41) is 3.24. The molecule has 4 aliphatic carbocycles. The molecule has 6 nitrogen and oxygen atoms in total. The minimum Gasteiger partial charge on any atom is -0.497 e. The van der Waals surface area contributed by atoms with E-state index in [0.29, 0.717) is 18.4 Å². The number of hydrogen-bond acceptors (Lipinski definition) is 4. The Morgan fingerprint density at radius 2 is 1.83 bits per heavy atom. The van der Waals surface area contributed by atoms with Crippen molar-refractivity contribution in [2.24, 2.45) is 17.3 Å². The third-order valence-corrected chi connectivity index (χ3v) is 7.20. The molecule has 0 aliphatic heterocycles. The lowest BCUT2D eigenvalue weighted by Gasteiger charge is -2.61. The average molecular weight is 401 g/mol. The third-order valence-electron chi connectivity index (χ3n) is 7.20. The third kappa shape index (κ3) is 3.58. The van der Waals surface area contributed by atoms with Crippen molar-refractivity contribution in [1.82, 2.24) is 10.2 Å². The van der Waals surface area contributed by atoms with Crippen LogP contribution in [0.5, 0.6) is 11.5 Å². The lowest BCUT2D eigenvalue weighted by Crippen LogP contribution is -2.65. The Kier molecular flexibility index (Phi) is 4.99. The molecular formula is C23H32N2O4. The van der Waals surface area contributed by atoms with E-state index < -0.39 is 0 Å². The van der Waals surface area contributed by atoms with Crippen LogP contribution in [0.15, 0.2) is 18.2 Å². The minimum atomic E-state index is -0.346. The number of nitrogens with zero attached hydrogens (tertiary/aromatic N) is 1. The lowest BCUT2D eigenvalue weighted by molar-refractivity contribution is -0.162. The summed E-state index contributed by atoms with van der Waals surface area (Å²) in [6.07, 6.45) is 5.92. The molecule has 0 radical (unpaired) electrons. The summed E-state index contributed by atoms with van der Waals surface area (Å²) in [6, 6.07) is 5.71. The molecule has 0 heterocycles. The van der Waals surface area contributed by atoms with E-state index in [4.69, 9.17) is 9.47 Å². The second-order valence-corrected chi connectivity index (χ2v) is 9.54. The zero-order valence-corrected chi connectivity index (χ0v) is 17.9. The van der Waals surface area contributed by atoms with Crippen LogP contribution in [0.2, 0.25) is 0 Å². The standard InChI is InChI=1S/C23H32N2O4/c1-15(26)24-23-11-16-7-17(12-23)10-22(9-16,14-23)21(27)25(2)13-18-5-6-19(28-3)8-20(18)29-4/h5-6,8,16-17H,7,9-14H2,1-4H3,(H,24,26)/t16-,17-,22?,23?/m1/s1. The van der Waals surface area contributed by atoms with E-state index in [1.807, 2.05) is 30.1 Å². The van der Waals surface area contributed by atoms with Crippen LogP contribution in [0.25, 0.3) is 0 Å². The van der Waals surface area contributed by atoms with Crippen LogP contribution in [0.3, 0.4) is 0 Å². The first-order chi connectivity index (χ1) is 13.8. The first-order valence-electron chi connectivity index (χ1n) is 10.5. The molecule has 6 heteroatoms. The van der Waals surface area contributed by atoms with Crippen LogP contribution < -0.4 is 14.8 Å². The number of methoxy groups -OCH3 is 2. The molecule has 29 heavy (non-hydrogen) atoms. The Morgan fingerprint density at radius 1 is 1.14 bits per heavy atom. The Hall–Kier alpha value is -2.24. The average Bonchev–Trinajstić information content (AvgIpc) is 2.65. The van der Waals surface area contributed by atoms with E-state index in [2.05, 4.69) is 5.32 Å². The van der Waals surface area contributed by atoms with Crippen molar-refractivity contribution in [2.45, 2.75) is 57.5 Å². The second-order valence-electron chi connectivity index (χ2n) is 9.54. The van der Waals surface area contributed by atoms with Gasteiger partial charge in [0.05, 0.1) is 19.6 Å². The lowest BCUT2D eigenvalue weighted by atomic mass is 9.46. The summed E-state index contributed by atoms with van der Waals surface area (Å²) in [7, 11) is 5.15. The van der Waals surface area contributed by atoms with E-state index in [0.717, 1.165) is 49.2 Å². The zero-order chi connectivity index (χ0) is 20.8. The number of carbonyl (C=O) groups is 2. The topological polar surface area (TPSA) is 67.9 Å². The van der Waals surface area contributed by atoms with Crippen LogP contribution in [0.1, 0.15) is 51.0 Å². The molecule has 4 saturated carbocycles. The molecule has 1 aromatic rings. The summed E-state index contributed by atoms with van der Waals surface area (Å²) in [5.41, 5.74) is 0.427. The van der Waals surface area contributed by atoms with E-state index in [1.54, 1.807) is 21.1 Å². The highest BCUT2D eigenvalue weighted by atomic mass is 16.5. The second kappa shape index (κ2) is 7.22. The summed E-state index contributed by atoms with van der Waals surface area (Å²) in [6.45, 7) is 2.09. The van der Waals surface area contributed by atoms with Crippen molar-refractivity contribution in [1.29, 1.82) is 0 Å². The number of benzene rings is 1. The van der Waals surface area contributed by atoms with Crippen LogP contribution >= 0.6 is 0 Å². The van der Waals surface area contributed by atoms with Crippen molar-refractivity contribution < 1.29 is 19.1 Å². The van der Waals surface area contributed by atoms with Crippen LogP contribution in [-0.2, 0) is 16.1 Å². The van der Waals surface area contributed by atoms with E-state index in [9.17, 15) is 9.59 Å². The molecule has 4 aliphatic rings. The molecule has 4 fully saturated rings. The number of carbonyl (C=O) groups excluding carboxylic acids is 2. The predicted molar refractivity (Wildman–Crippen MR) is 110 cm³/mol. The number of ether oxygens (including phenoxy) is 2. The Balaban J connectivity index is 1.55. The summed E-state index contributed by atoms with van der Waals surface area (Å²) in [4.78, 5) is 27.4. The summed E-state index contributed by atoms with van der Waals surface area (Å²) >= 11 is 0. The summed E-state index contributed by atoms with van der Waals surface area (Å²) in [5.74, 6) is 2.76. The molecule has 158 valence electrons. The minimum absolute atomic E-state index is 0.0193. The van der Waals surface area contributed by atoms with Crippen LogP contribution in [-0.4, -0.2) is 43.5 Å². The van der Waals surface area contributed by atoms with Gasteiger partial charge in [-0.2, -0.15) is 0 Å². The molecule has 2 amide bonds. The maximum atomic E-state index is 13.7. The van der Waals surface area contributed by atoms with Gasteiger partial charge >= 0.3 is 0 Å². The van der Waals surface area contributed by atoms with Gasteiger partial charge in [0, 0.05) is 37.7 Å². The highest BCUT2D eigenvalue weighted by Gasteiger charge is 2.61. The SMILES string of the molecule is COc1ccc(CN(C)C(=O)C23C[C@H]4C[C@@H](CC(NC(C)=O)(C4)C2)C3)c(OC)c1. The Bertz CT molecular complexity index is 807. The van der Waals surface area contributed by atoms with Gasteiger partial charge < -0.3 is 19.7 Å². The number of rotatable bonds is 6. The molecule has 0 saturated heterocycles. The first-order valence-corrected chi connectivity index (χ1v) is 10.5. The zero-order valence-electron chi connectivity index (χ0n) is 17.9. The number of nitrogens with one attached hydrogen (secondary N) is 1. The molecule has 4 bridgehead atoms. The molecule has 1 N–H and O–H groups in total. The molecule has 0 spiro atoms. The van der Waals surface area contributed by atoms with Gasteiger partial charge in [0.1, 0.15) is 11.5 Å². The van der Waals surface area contributed by atoms with Gasteiger partial charge in [0.25, 0.3) is 0 Å². The predicted octanol–water partition coefficient (Wildman–Crippen LogP) is 3.14. The van der Waals surface area contributed by atoms with Gasteiger partial charge in [0.2, 0.25) is 11.8 Å². The van der Waals surface area contributed by atoms with Crippen molar-refractivity contribution in [3.8, 4) is 11.5 Å². The molecule has 2 atom stereocenters. The monoisotopic (exact) mass is 400 g/mol. The van der Waals surface area contributed by atoms with Gasteiger partial charge in [0.15, 0.2) is 0 Å². The molecular weight excluding hydrogens is 368 g/mol. The normalized spacial score (nSPS) is 32.0. The first kappa shape index (κ1) is 20.0. The Morgan fingerprint density at radius 3 is 2.41 bits per heavy atom. The maximum absolute atomic E-state index is 13.7. The van der Waals surface area contributed by atoms with Crippen molar-refractivity contribution >= 4 is 11.8 Å².